The van der Waals surface area contributed by atoms with E-state index < -0.39 is 6.04 Å². The average Bonchev–Trinajstić information content (AvgIpc) is 2.59. The van der Waals surface area contributed by atoms with Crippen LogP contribution in [0.2, 0.25) is 0 Å². The minimum Gasteiger partial charge on any atom is -0.344 e. The molecule has 0 aromatic heterocycles. The highest BCUT2D eigenvalue weighted by atomic mass is 19.1. The van der Waals surface area contributed by atoms with Gasteiger partial charge in [-0.05, 0) is 43.5 Å². The predicted octanol–water partition coefficient (Wildman–Crippen LogP) is 2.06. The summed E-state index contributed by atoms with van der Waals surface area (Å²) in [5.41, 5.74) is 0.783. The zero-order valence-electron chi connectivity index (χ0n) is 16.0. The summed E-state index contributed by atoms with van der Waals surface area (Å²) in [5, 5.41) is 2.90. The second-order valence-corrected chi connectivity index (χ2v) is 7.51. The lowest BCUT2D eigenvalue weighted by Crippen LogP contribution is -2.54. The van der Waals surface area contributed by atoms with E-state index in [1.807, 2.05) is 25.8 Å². The van der Waals surface area contributed by atoms with Gasteiger partial charge in [0.1, 0.15) is 11.9 Å². The van der Waals surface area contributed by atoms with Gasteiger partial charge in [0, 0.05) is 32.6 Å². The number of nitrogens with zero attached hydrogens (tertiary/aromatic N) is 2. The normalized spacial score (nSPS) is 16.6. The molecule has 2 rings (SSSR count). The topological polar surface area (TPSA) is 52.7 Å². The van der Waals surface area contributed by atoms with Crippen LogP contribution in [0.3, 0.4) is 0 Å². The van der Waals surface area contributed by atoms with Crippen molar-refractivity contribution in [2.45, 2.75) is 39.2 Å². The van der Waals surface area contributed by atoms with Gasteiger partial charge in [-0.1, -0.05) is 26.0 Å². The Labute approximate surface area is 155 Å². The summed E-state index contributed by atoms with van der Waals surface area (Å²) in [6.07, 6.45) is 1.33. The predicted molar refractivity (Wildman–Crippen MR) is 100 cm³/mol. The van der Waals surface area contributed by atoms with E-state index in [0.717, 1.165) is 18.7 Å². The first-order chi connectivity index (χ1) is 12.3. The smallest absolute Gasteiger partial charge is 0.245 e. The summed E-state index contributed by atoms with van der Waals surface area (Å²) >= 11 is 0. The standard InChI is InChI=1S/C20H30FN3O2/c1-15(2)13-18(20(26)24-11-9-23(3)10-12-24)22-19(25)8-7-16-5-4-6-17(21)14-16/h4-6,14-15,18H,7-13H2,1-3H3,(H,22,25). The lowest BCUT2D eigenvalue weighted by Gasteiger charge is -2.35. The van der Waals surface area contributed by atoms with Gasteiger partial charge < -0.3 is 15.1 Å². The van der Waals surface area contributed by atoms with Crippen molar-refractivity contribution < 1.29 is 14.0 Å². The molecule has 0 saturated carbocycles. The number of carbonyl (C=O) groups is 2. The number of halogens is 1. The fraction of sp³-hybridized carbons (Fsp3) is 0.600. The molecule has 1 aliphatic heterocycles. The van der Waals surface area contributed by atoms with E-state index in [9.17, 15) is 14.0 Å². The Morgan fingerprint density at radius 1 is 1.19 bits per heavy atom. The molecule has 5 nitrogen and oxygen atoms in total. The Morgan fingerprint density at radius 3 is 2.50 bits per heavy atom. The summed E-state index contributed by atoms with van der Waals surface area (Å²) in [6, 6.07) is 5.78. The van der Waals surface area contributed by atoms with Gasteiger partial charge in [0.2, 0.25) is 11.8 Å². The molecule has 1 heterocycles. The minimum atomic E-state index is -0.488. The van der Waals surface area contributed by atoms with E-state index in [4.69, 9.17) is 0 Å². The second-order valence-electron chi connectivity index (χ2n) is 7.51. The number of carbonyl (C=O) groups excluding carboxylic acids is 2. The molecule has 144 valence electrons. The van der Waals surface area contributed by atoms with Crippen molar-refractivity contribution in [2.24, 2.45) is 5.92 Å². The average molecular weight is 363 g/mol. The van der Waals surface area contributed by atoms with Crippen molar-refractivity contribution in [1.29, 1.82) is 0 Å². The van der Waals surface area contributed by atoms with Crippen LogP contribution in [-0.4, -0.2) is 60.9 Å². The maximum Gasteiger partial charge on any atom is 0.245 e. The third-order valence-electron chi connectivity index (χ3n) is 4.69. The van der Waals surface area contributed by atoms with Crippen LogP contribution in [0.4, 0.5) is 4.39 Å². The van der Waals surface area contributed by atoms with Crippen LogP contribution in [0, 0.1) is 11.7 Å². The van der Waals surface area contributed by atoms with Crippen LogP contribution in [0.15, 0.2) is 24.3 Å². The highest BCUT2D eigenvalue weighted by Crippen LogP contribution is 2.11. The van der Waals surface area contributed by atoms with E-state index in [-0.39, 0.29) is 24.1 Å². The van der Waals surface area contributed by atoms with Crippen molar-refractivity contribution in [2.75, 3.05) is 33.2 Å². The molecule has 0 bridgehead atoms. The Balaban J connectivity index is 1.91. The Hall–Kier alpha value is -1.95. The van der Waals surface area contributed by atoms with E-state index in [2.05, 4.69) is 10.2 Å². The van der Waals surface area contributed by atoms with Gasteiger partial charge in [-0.15, -0.1) is 0 Å². The Morgan fingerprint density at radius 2 is 1.88 bits per heavy atom. The van der Waals surface area contributed by atoms with Crippen molar-refractivity contribution >= 4 is 11.8 Å². The first-order valence-corrected chi connectivity index (χ1v) is 9.36. The molecule has 1 aliphatic rings. The monoisotopic (exact) mass is 363 g/mol. The first-order valence-electron chi connectivity index (χ1n) is 9.36. The number of hydrogen-bond donors (Lipinski definition) is 1. The van der Waals surface area contributed by atoms with E-state index in [1.54, 1.807) is 12.1 Å². The molecule has 1 fully saturated rings. The van der Waals surface area contributed by atoms with Crippen LogP contribution in [0.25, 0.3) is 0 Å². The fourth-order valence-corrected chi connectivity index (χ4v) is 3.16. The summed E-state index contributed by atoms with van der Waals surface area (Å²) in [7, 11) is 2.04. The number of hydrogen-bond acceptors (Lipinski definition) is 3. The summed E-state index contributed by atoms with van der Waals surface area (Å²) in [5.74, 6) is -0.154. The van der Waals surface area contributed by atoms with Gasteiger partial charge in [0.25, 0.3) is 0 Å². The van der Waals surface area contributed by atoms with Crippen molar-refractivity contribution in [3.05, 3.63) is 35.6 Å². The maximum atomic E-state index is 13.2. The molecule has 1 atom stereocenters. The van der Waals surface area contributed by atoms with E-state index in [1.165, 1.54) is 12.1 Å². The molecule has 0 spiro atoms. The number of benzene rings is 1. The van der Waals surface area contributed by atoms with Crippen molar-refractivity contribution in [1.82, 2.24) is 15.1 Å². The van der Waals surface area contributed by atoms with Crippen LogP contribution >= 0.6 is 0 Å². The lowest BCUT2D eigenvalue weighted by atomic mass is 10.0. The van der Waals surface area contributed by atoms with Crippen LogP contribution in [0.5, 0.6) is 0 Å². The molecular weight excluding hydrogens is 333 g/mol. The van der Waals surface area contributed by atoms with Crippen molar-refractivity contribution in [3.8, 4) is 0 Å². The largest absolute Gasteiger partial charge is 0.344 e. The first kappa shape index (κ1) is 20.4. The molecule has 1 saturated heterocycles. The molecular formula is C20H30FN3O2. The summed E-state index contributed by atoms with van der Waals surface area (Å²) < 4.78 is 13.2. The number of piperazine rings is 1. The van der Waals surface area contributed by atoms with Gasteiger partial charge in [0.15, 0.2) is 0 Å². The Bertz CT molecular complexity index is 613. The van der Waals surface area contributed by atoms with Gasteiger partial charge in [-0.3, -0.25) is 9.59 Å². The van der Waals surface area contributed by atoms with E-state index in [0.29, 0.717) is 31.8 Å². The van der Waals surface area contributed by atoms with Crippen LogP contribution in [-0.2, 0) is 16.0 Å². The number of nitrogens with one attached hydrogen (secondary N) is 1. The van der Waals surface area contributed by atoms with Crippen molar-refractivity contribution in [3.63, 3.8) is 0 Å². The number of rotatable bonds is 7. The Kier molecular flexibility index (Phi) is 7.57. The third-order valence-corrected chi connectivity index (χ3v) is 4.69. The molecule has 6 heteroatoms. The molecule has 2 amide bonds. The zero-order valence-corrected chi connectivity index (χ0v) is 16.0. The molecule has 1 N–H and O–H groups in total. The molecule has 26 heavy (non-hydrogen) atoms. The fourth-order valence-electron chi connectivity index (χ4n) is 3.16. The third kappa shape index (κ3) is 6.41. The van der Waals surface area contributed by atoms with Crippen LogP contribution in [0.1, 0.15) is 32.3 Å². The molecule has 1 aromatic carbocycles. The maximum absolute atomic E-state index is 13.2. The van der Waals surface area contributed by atoms with Crippen LogP contribution < -0.4 is 5.32 Å². The minimum absolute atomic E-state index is 0.00547. The number of likely N-dealkylation sites (N-methyl/N-ethyl adjacent to an activating group) is 1. The van der Waals surface area contributed by atoms with E-state index >= 15 is 0 Å². The lowest BCUT2D eigenvalue weighted by molar-refractivity contribution is -0.138. The highest BCUT2D eigenvalue weighted by molar-refractivity contribution is 5.87. The SMILES string of the molecule is CC(C)CC(NC(=O)CCc1cccc(F)c1)C(=O)N1CCN(C)CC1. The molecule has 1 aromatic rings. The van der Waals surface area contributed by atoms with Gasteiger partial charge in [0.05, 0.1) is 0 Å². The van der Waals surface area contributed by atoms with Gasteiger partial charge >= 0.3 is 0 Å². The quantitative estimate of drug-likeness (QED) is 0.807. The molecule has 0 radical (unpaired) electrons. The second kappa shape index (κ2) is 9.67. The summed E-state index contributed by atoms with van der Waals surface area (Å²) in [4.78, 5) is 29.2. The zero-order chi connectivity index (χ0) is 19.1. The molecule has 0 aliphatic carbocycles. The molecule has 1 unspecified atom stereocenters. The highest BCUT2D eigenvalue weighted by Gasteiger charge is 2.28. The number of amides is 2. The number of aryl methyl sites for hydroxylation is 1. The van der Waals surface area contributed by atoms with Gasteiger partial charge in [-0.25, -0.2) is 4.39 Å². The van der Waals surface area contributed by atoms with Gasteiger partial charge in [-0.2, -0.15) is 0 Å². The summed E-state index contributed by atoms with van der Waals surface area (Å²) in [6.45, 7) is 7.19.